The molecule has 0 N–H and O–H groups in total. The molecule has 2 aliphatic rings. The number of carbonyl (C=O) groups is 1. The van der Waals surface area contributed by atoms with Gasteiger partial charge in [-0.2, -0.15) is 5.26 Å². The lowest BCUT2D eigenvalue weighted by Gasteiger charge is -2.44. The zero-order valence-corrected chi connectivity index (χ0v) is 13.8. The number of unbranched alkanes of at least 4 members (excludes halogenated alkanes) is 2. The number of ether oxygens (including phenoxy) is 2. The molecule has 0 aliphatic carbocycles. The molecule has 2 atom stereocenters. The minimum absolute atomic E-state index is 0.0201. The number of nitrogens with zero attached hydrogens (tertiary/aromatic N) is 2. The summed E-state index contributed by atoms with van der Waals surface area (Å²) in [7, 11) is 0. The van der Waals surface area contributed by atoms with Crippen LogP contribution in [0.15, 0.2) is 11.6 Å². The van der Waals surface area contributed by atoms with Gasteiger partial charge in [0.2, 0.25) is 0 Å². The van der Waals surface area contributed by atoms with Crippen molar-refractivity contribution in [3.05, 3.63) is 11.6 Å². The van der Waals surface area contributed by atoms with Crippen LogP contribution in [0.5, 0.6) is 0 Å². The second-order valence-corrected chi connectivity index (χ2v) is 7.04. The van der Waals surface area contributed by atoms with Gasteiger partial charge in [-0.15, -0.1) is 0 Å². The fourth-order valence-electron chi connectivity index (χ4n) is 3.03. The van der Waals surface area contributed by atoms with E-state index in [4.69, 9.17) is 14.7 Å². The van der Waals surface area contributed by atoms with Crippen LogP contribution in [0.4, 0.5) is 4.79 Å². The molecule has 1 fully saturated rings. The lowest BCUT2D eigenvalue weighted by molar-refractivity contribution is -0.0538. The van der Waals surface area contributed by atoms with E-state index in [2.05, 4.69) is 12.1 Å². The van der Waals surface area contributed by atoms with Gasteiger partial charge in [0.25, 0.3) is 0 Å². The van der Waals surface area contributed by atoms with Crippen LogP contribution in [-0.4, -0.2) is 41.9 Å². The molecule has 2 bridgehead atoms. The van der Waals surface area contributed by atoms with Crippen molar-refractivity contribution in [2.45, 2.75) is 70.6 Å². The summed E-state index contributed by atoms with van der Waals surface area (Å²) in [6.45, 7) is 6.77. The summed E-state index contributed by atoms with van der Waals surface area (Å²) in [6, 6.07) is 2.23. The highest BCUT2D eigenvalue weighted by Gasteiger charge is 2.39. The summed E-state index contributed by atoms with van der Waals surface area (Å²) in [5.41, 5.74) is 0.907. The summed E-state index contributed by atoms with van der Waals surface area (Å²) < 4.78 is 11.1. The van der Waals surface area contributed by atoms with Crippen LogP contribution in [0.25, 0.3) is 0 Å². The van der Waals surface area contributed by atoms with Crippen molar-refractivity contribution >= 4 is 6.09 Å². The lowest BCUT2D eigenvalue weighted by Crippen LogP contribution is -2.57. The number of amides is 1. The quantitative estimate of drug-likeness (QED) is 0.590. The Labute approximate surface area is 132 Å². The molecule has 2 rings (SSSR count). The van der Waals surface area contributed by atoms with Crippen molar-refractivity contribution in [2.24, 2.45) is 0 Å². The molecule has 0 radical (unpaired) electrons. The number of morpholine rings is 1. The highest BCUT2D eigenvalue weighted by molar-refractivity contribution is 5.70. The molecule has 0 aromatic heterocycles. The van der Waals surface area contributed by atoms with Crippen molar-refractivity contribution < 1.29 is 14.3 Å². The molecule has 2 aliphatic heterocycles. The Morgan fingerprint density at radius 1 is 1.45 bits per heavy atom. The van der Waals surface area contributed by atoms with Crippen LogP contribution in [-0.2, 0) is 9.47 Å². The topological polar surface area (TPSA) is 62.6 Å². The fourth-order valence-corrected chi connectivity index (χ4v) is 3.03. The van der Waals surface area contributed by atoms with Gasteiger partial charge < -0.3 is 9.47 Å². The third kappa shape index (κ3) is 4.48. The Morgan fingerprint density at radius 3 is 2.86 bits per heavy atom. The van der Waals surface area contributed by atoms with E-state index in [0.29, 0.717) is 19.6 Å². The molecule has 5 nitrogen and oxygen atoms in total. The van der Waals surface area contributed by atoms with Crippen LogP contribution in [0.2, 0.25) is 0 Å². The van der Waals surface area contributed by atoms with E-state index in [1.54, 1.807) is 0 Å². The zero-order chi connectivity index (χ0) is 16.2. The van der Waals surface area contributed by atoms with Gasteiger partial charge >= 0.3 is 6.09 Å². The van der Waals surface area contributed by atoms with E-state index < -0.39 is 5.60 Å². The maximum absolute atomic E-state index is 12.4. The summed E-state index contributed by atoms with van der Waals surface area (Å²) in [5, 5.41) is 8.58. The van der Waals surface area contributed by atoms with Crippen LogP contribution in [0.1, 0.15) is 52.9 Å². The van der Waals surface area contributed by atoms with Gasteiger partial charge in [-0.05, 0) is 46.5 Å². The number of hydrogen-bond acceptors (Lipinski definition) is 4. The van der Waals surface area contributed by atoms with Gasteiger partial charge in [0.1, 0.15) is 5.60 Å². The number of hydrogen-bond donors (Lipinski definition) is 0. The molecule has 1 saturated heterocycles. The second-order valence-electron chi connectivity index (χ2n) is 7.04. The van der Waals surface area contributed by atoms with Crippen molar-refractivity contribution in [3.63, 3.8) is 0 Å². The third-order valence-corrected chi connectivity index (χ3v) is 3.92. The summed E-state index contributed by atoms with van der Waals surface area (Å²) in [5.74, 6) is 0. The highest BCUT2D eigenvalue weighted by Crippen LogP contribution is 2.30. The Balaban J connectivity index is 1.99. The van der Waals surface area contributed by atoms with Gasteiger partial charge in [-0.25, -0.2) is 4.79 Å². The summed E-state index contributed by atoms with van der Waals surface area (Å²) >= 11 is 0. The Hall–Kier alpha value is -1.54. The second kappa shape index (κ2) is 7.15. The first-order valence-electron chi connectivity index (χ1n) is 8.06. The average Bonchev–Trinajstić information content (AvgIpc) is 2.40. The van der Waals surface area contributed by atoms with Gasteiger partial charge in [-0.3, -0.25) is 4.90 Å². The molecule has 0 spiro atoms. The third-order valence-electron chi connectivity index (χ3n) is 3.92. The molecule has 1 amide bonds. The van der Waals surface area contributed by atoms with Gasteiger partial charge in [0.05, 0.1) is 31.4 Å². The standard InChI is InChI=1S/C17H26N2O3/c1-17(2,3)22-16(20)19-14-9-13(7-5-4-6-8-18)10-15(19)12-21-11-14/h9,14-15H,4-7,10-12H2,1-3H3. The fraction of sp³-hybridized carbons (Fsp3) is 0.765. The average molecular weight is 306 g/mol. The van der Waals surface area contributed by atoms with Crippen LogP contribution < -0.4 is 0 Å². The molecule has 0 aromatic carbocycles. The van der Waals surface area contributed by atoms with E-state index in [1.807, 2.05) is 25.7 Å². The van der Waals surface area contributed by atoms with Gasteiger partial charge in [0, 0.05) is 6.42 Å². The lowest BCUT2D eigenvalue weighted by atomic mass is 9.91. The maximum atomic E-state index is 12.4. The first-order valence-corrected chi connectivity index (χ1v) is 8.06. The molecule has 5 heteroatoms. The molecule has 2 unspecified atom stereocenters. The van der Waals surface area contributed by atoms with E-state index >= 15 is 0 Å². The van der Waals surface area contributed by atoms with Crippen molar-refractivity contribution in [1.29, 1.82) is 5.26 Å². The number of fused-ring (bicyclic) bond motifs is 2. The molecule has 122 valence electrons. The van der Waals surface area contributed by atoms with Crippen molar-refractivity contribution in [1.82, 2.24) is 4.90 Å². The van der Waals surface area contributed by atoms with E-state index in [0.717, 1.165) is 25.7 Å². The SMILES string of the molecule is CC(C)(C)OC(=O)N1C2C=C(CCCCC#N)CC1COC2. The normalized spacial score (nSPS) is 24.5. The maximum Gasteiger partial charge on any atom is 0.411 e. The minimum Gasteiger partial charge on any atom is -0.444 e. The molecule has 0 saturated carbocycles. The van der Waals surface area contributed by atoms with Crippen molar-refractivity contribution in [3.8, 4) is 6.07 Å². The monoisotopic (exact) mass is 306 g/mol. The number of carbonyl (C=O) groups excluding carboxylic acids is 1. The number of nitriles is 1. The van der Waals surface area contributed by atoms with Crippen LogP contribution in [0, 0.1) is 11.3 Å². The van der Waals surface area contributed by atoms with Gasteiger partial charge in [0.15, 0.2) is 0 Å². The zero-order valence-electron chi connectivity index (χ0n) is 13.8. The Morgan fingerprint density at radius 2 is 2.23 bits per heavy atom. The van der Waals surface area contributed by atoms with Crippen LogP contribution in [0.3, 0.4) is 0 Å². The molecular formula is C17H26N2O3. The van der Waals surface area contributed by atoms with Gasteiger partial charge in [-0.1, -0.05) is 11.6 Å². The minimum atomic E-state index is -0.479. The van der Waals surface area contributed by atoms with E-state index in [9.17, 15) is 4.79 Å². The molecule has 2 heterocycles. The van der Waals surface area contributed by atoms with Crippen molar-refractivity contribution in [2.75, 3.05) is 13.2 Å². The number of rotatable bonds is 4. The Bertz CT molecular complexity index is 473. The first kappa shape index (κ1) is 16.8. The van der Waals surface area contributed by atoms with Crippen LogP contribution >= 0.6 is 0 Å². The molecule has 0 aromatic rings. The van der Waals surface area contributed by atoms with E-state index in [1.165, 1.54) is 5.57 Å². The van der Waals surface area contributed by atoms with E-state index in [-0.39, 0.29) is 18.2 Å². The smallest absolute Gasteiger partial charge is 0.411 e. The highest BCUT2D eigenvalue weighted by atomic mass is 16.6. The Kier molecular flexibility index (Phi) is 5.47. The molecular weight excluding hydrogens is 280 g/mol. The first-order chi connectivity index (χ1) is 10.4. The molecule has 22 heavy (non-hydrogen) atoms. The predicted octanol–water partition coefficient (Wildman–Crippen LogP) is 3.40. The summed E-state index contributed by atoms with van der Waals surface area (Å²) in [6.07, 6.45) is 6.37. The largest absolute Gasteiger partial charge is 0.444 e. The predicted molar refractivity (Wildman–Crippen MR) is 83.2 cm³/mol. The summed E-state index contributed by atoms with van der Waals surface area (Å²) in [4.78, 5) is 14.3.